The van der Waals surface area contributed by atoms with Gasteiger partial charge in [-0.2, -0.15) is 0 Å². The Morgan fingerprint density at radius 1 is 1.57 bits per heavy atom. The van der Waals surface area contributed by atoms with Crippen LogP contribution in [0.2, 0.25) is 0 Å². The van der Waals surface area contributed by atoms with E-state index >= 15 is 0 Å². The second-order valence-corrected chi connectivity index (χ2v) is 3.77. The fourth-order valence-corrected chi connectivity index (χ4v) is 1.46. The second-order valence-electron chi connectivity index (χ2n) is 2.85. The van der Waals surface area contributed by atoms with Gasteiger partial charge in [0.25, 0.3) is 0 Å². The van der Waals surface area contributed by atoms with E-state index in [1.165, 1.54) is 7.05 Å². The number of carbonyl (C=O) groups excluding carboxylic acids is 1. The highest BCUT2D eigenvalue weighted by Gasteiger charge is 2.09. The summed E-state index contributed by atoms with van der Waals surface area (Å²) in [4.78, 5) is 10.9. The van der Waals surface area contributed by atoms with Crippen molar-refractivity contribution in [3.8, 4) is 0 Å². The lowest BCUT2D eigenvalue weighted by atomic mass is 10.1. The fraction of sp³-hybridized carbons (Fsp3) is 0.300. The number of nitrogens with one attached hydrogen (secondary N) is 1. The first-order valence-corrected chi connectivity index (χ1v) is 5.06. The summed E-state index contributed by atoms with van der Waals surface area (Å²) in [6, 6.07) is 7.67. The molecule has 4 heteroatoms. The second kappa shape index (κ2) is 5.00. The van der Waals surface area contributed by atoms with Gasteiger partial charge >= 0.3 is 6.09 Å². The van der Waals surface area contributed by atoms with Gasteiger partial charge in [-0.25, -0.2) is 4.79 Å². The van der Waals surface area contributed by atoms with E-state index in [0.717, 1.165) is 10.0 Å². The molecule has 1 unspecified atom stereocenters. The van der Waals surface area contributed by atoms with Crippen LogP contribution in [-0.2, 0) is 4.74 Å². The minimum atomic E-state index is -0.419. The molecule has 0 aliphatic rings. The summed E-state index contributed by atoms with van der Waals surface area (Å²) >= 11 is 3.36. The molecule has 1 N–H and O–H groups in total. The van der Waals surface area contributed by atoms with Gasteiger partial charge in [0, 0.05) is 11.5 Å². The van der Waals surface area contributed by atoms with E-state index in [2.05, 4.69) is 21.2 Å². The lowest BCUT2D eigenvalue weighted by Crippen LogP contribution is -2.20. The molecule has 1 aromatic rings. The molecule has 1 atom stereocenters. The third-order valence-electron chi connectivity index (χ3n) is 1.81. The Kier molecular flexibility index (Phi) is 3.95. The van der Waals surface area contributed by atoms with Crippen molar-refractivity contribution in [2.75, 3.05) is 7.05 Å². The average molecular weight is 258 g/mol. The molecule has 3 nitrogen and oxygen atoms in total. The zero-order valence-corrected chi connectivity index (χ0v) is 9.67. The van der Waals surface area contributed by atoms with Crippen molar-refractivity contribution in [3.63, 3.8) is 0 Å². The normalized spacial score (nSPS) is 11.9. The zero-order valence-electron chi connectivity index (χ0n) is 8.08. The van der Waals surface area contributed by atoms with Crippen molar-refractivity contribution in [2.45, 2.75) is 13.0 Å². The van der Waals surface area contributed by atoms with Crippen LogP contribution in [0.1, 0.15) is 18.6 Å². The van der Waals surface area contributed by atoms with E-state index in [1.807, 2.05) is 31.2 Å². The summed E-state index contributed by atoms with van der Waals surface area (Å²) in [5, 5.41) is 2.41. The van der Waals surface area contributed by atoms with Gasteiger partial charge in [-0.1, -0.05) is 28.1 Å². The number of hydrogen-bond donors (Lipinski definition) is 1. The molecule has 0 spiro atoms. The number of rotatable bonds is 2. The van der Waals surface area contributed by atoms with Crippen LogP contribution in [0.15, 0.2) is 28.7 Å². The van der Waals surface area contributed by atoms with Gasteiger partial charge in [-0.3, -0.25) is 0 Å². The van der Waals surface area contributed by atoms with Gasteiger partial charge in [0.2, 0.25) is 0 Å². The molecule has 0 aliphatic carbocycles. The Morgan fingerprint density at radius 2 is 2.29 bits per heavy atom. The molecular formula is C10H12BrNO2. The highest BCUT2D eigenvalue weighted by Crippen LogP contribution is 2.20. The van der Waals surface area contributed by atoms with Crippen LogP contribution in [0.4, 0.5) is 4.79 Å². The monoisotopic (exact) mass is 257 g/mol. The summed E-state index contributed by atoms with van der Waals surface area (Å²) in [6.07, 6.45) is -0.662. The summed E-state index contributed by atoms with van der Waals surface area (Å²) in [7, 11) is 1.54. The Hall–Kier alpha value is -1.03. The third-order valence-corrected chi connectivity index (χ3v) is 2.30. The molecule has 0 aromatic heterocycles. The largest absolute Gasteiger partial charge is 0.442 e. The molecular weight excluding hydrogens is 246 g/mol. The average Bonchev–Trinajstić information content (AvgIpc) is 2.17. The van der Waals surface area contributed by atoms with Crippen molar-refractivity contribution >= 4 is 22.0 Å². The molecule has 0 bridgehead atoms. The predicted molar refractivity (Wildman–Crippen MR) is 58.1 cm³/mol. The van der Waals surface area contributed by atoms with Gasteiger partial charge in [0.15, 0.2) is 0 Å². The van der Waals surface area contributed by atoms with Gasteiger partial charge in [-0.05, 0) is 24.6 Å². The minimum absolute atomic E-state index is 0.243. The minimum Gasteiger partial charge on any atom is -0.442 e. The van der Waals surface area contributed by atoms with E-state index in [-0.39, 0.29) is 6.10 Å². The first-order valence-electron chi connectivity index (χ1n) is 4.27. The standard InChI is InChI=1S/C10H12BrNO2/c1-7(14-10(13)12-2)8-4-3-5-9(11)6-8/h3-7H,1-2H3,(H,12,13). The van der Waals surface area contributed by atoms with E-state index < -0.39 is 6.09 Å². The number of hydrogen-bond acceptors (Lipinski definition) is 2. The molecule has 1 amide bonds. The van der Waals surface area contributed by atoms with Crippen molar-refractivity contribution in [3.05, 3.63) is 34.3 Å². The molecule has 0 radical (unpaired) electrons. The number of halogens is 1. The molecule has 1 rings (SSSR count). The Labute approximate surface area is 91.6 Å². The molecule has 0 saturated heterocycles. The van der Waals surface area contributed by atoms with Gasteiger partial charge in [0.1, 0.15) is 6.10 Å². The smallest absolute Gasteiger partial charge is 0.407 e. The van der Waals surface area contributed by atoms with Crippen molar-refractivity contribution in [2.24, 2.45) is 0 Å². The lowest BCUT2D eigenvalue weighted by Gasteiger charge is -2.13. The van der Waals surface area contributed by atoms with Crippen molar-refractivity contribution < 1.29 is 9.53 Å². The summed E-state index contributed by atoms with van der Waals surface area (Å²) in [5.74, 6) is 0. The Morgan fingerprint density at radius 3 is 2.86 bits per heavy atom. The molecule has 1 aromatic carbocycles. The van der Waals surface area contributed by atoms with Crippen molar-refractivity contribution in [1.82, 2.24) is 5.32 Å². The number of ether oxygens (including phenoxy) is 1. The fourth-order valence-electron chi connectivity index (χ4n) is 1.05. The molecule has 76 valence electrons. The molecule has 0 fully saturated rings. The zero-order chi connectivity index (χ0) is 10.6. The third kappa shape index (κ3) is 3.03. The van der Waals surface area contributed by atoms with Crippen LogP contribution in [0.5, 0.6) is 0 Å². The topological polar surface area (TPSA) is 38.3 Å². The maximum atomic E-state index is 10.9. The number of benzene rings is 1. The molecule has 0 heterocycles. The van der Waals surface area contributed by atoms with Crippen LogP contribution in [0, 0.1) is 0 Å². The maximum absolute atomic E-state index is 10.9. The van der Waals surface area contributed by atoms with Crippen molar-refractivity contribution in [1.29, 1.82) is 0 Å². The van der Waals surface area contributed by atoms with Gasteiger partial charge in [-0.15, -0.1) is 0 Å². The first kappa shape index (κ1) is 11.0. The molecule has 14 heavy (non-hydrogen) atoms. The van der Waals surface area contributed by atoms with Crippen LogP contribution in [0.25, 0.3) is 0 Å². The predicted octanol–water partition coefficient (Wildman–Crippen LogP) is 2.87. The Balaban J connectivity index is 2.69. The van der Waals surface area contributed by atoms with Crippen LogP contribution in [-0.4, -0.2) is 13.1 Å². The highest BCUT2D eigenvalue weighted by molar-refractivity contribution is 9.10. The first-order chi connectivity index (χ1) is 6.63. The van der Waals surface area contributed by atoms with E-state index in [0.29, 0.717) is 0 Å². The van der Waals surface area contributed by atoms with E-state index in [1.54, 1.807) is 0 Å². The summed E-state index contributed by atoms with van der Waals surface area (Å²) in [5.41, 5.74) is 0.961. The van der Waals surface area contributed by atoms with E-state index in [9.17, 15) is 4.79 Å². The molecule has 0 saturated carbocycles. The molecule has 0 aliphatic heterocycles. The van der Waals surface area contributed by atoms with Gasteiger partial charge in [0.05, 0.1) is 0 Å². The summed E-state index contributed by atoms with van der Waals surface area (Å²) in [6.45, 7) is 1.83. The summed E-state index contributed by atoms with van der Waals surface area (Å²) < 4.78 is 6.04. The van der Waals surface area contributed by atoms with Gasteiger partial charge < -0.3 is 10.1 Å². The van der Waals surface area contributed by atoms with Crippen LogP contribution < -0.4 is 5.32 Å². The lowest BCUT2D eigenvalue weighted by molar-refractivity contribution is 0.109. The number of amides is 1. The van der Waals surface area contributed by atoms with Crippen LogP contribution >= 0.6 is 15.9 Å². The highest BCUT2D eigenvalue weighted by atomic mass is 79.9. The Bertz CT molecular complexity index is 328. The number of alkyl carbamates (subject to hydrolysis) is 1. The number of carbonyl (C=O) groups is 1. The maximum Gasteiger partial charge on any atom is 0.407 e. The van der Waals surface area contributed by atoms with E-state index in [4.69, 9.17) is 4.74 Å². The quantitative estimate of drug-likeness (QED) is 0.885. The van der Waals surface area contributed by atoms with Crippen LogP contribution in [0.3, 0.4) is 0 Å². The SMILES string of the molecule is CNC(=O)OC(C)c1cccc(Br)c1.